The Labute approximate surface area is 177 Å². The number of halogens is 3. The maximum Gasteiger partial charge on any atom is 0.338 e. The fourth-order valence-corrected chi connectivity index (χ4v) is 3.32. The van der Waals surface area contributed by atoms with E-state index in [1.165, 1.54) is 23.1 Å². The molecule has 0 aliphatic carbocycles. The summed E-state index contributed by atoms with van der Waals surface area (Å²) >= 11 is 0. The number of urea groups is 1. The summed E-state index contributed by atoms with van der Waals surface area (Å²) in [6.45, 7) is 3.09. The number of likely N-dealkylation sites (N-methyl/N-ethyl adjacent to an activating group) is 1. The zero-order chi connectivity index (χ0) is 22.5. The van der Waals surface area contributed by atoms with Gasteiger partial charge in [0, 0.05) is 18.2 Å². The third kappa shape index (κ3) is 4.65. The molecule has 164 valence electrons. The molecule has 2 amide bonds. The number of amides is 2. The number of rotatable bonds is 7. The Bertz CT molecular complexity index is 1030. The third-order valence-electron chi connectivity index (χ3n) is 4.72. The molecule has 2 aromatic carbocycles. The van der Waals surface area contributed by atoms with Crippen LogP contribution in [-0.4, -0.2) is 36.7 Å². The van der Waals surface area contributed by atoms with Gasteiger partial charge in [0.05, 0.1) is 23.9 Å². The van der Waals surface area contributed by atoms with Crippen molar-refractivity contribution in [3.8, 4) is 5.75 Å². The van der Waals surface area contributed by atoms with Gasteiger partial charge >= 0.3 is 12.0 Å². The standard InChI is InChI=1S/C22H21F3N2O4/c1-3-27-17(12-31-18-10-9-13(23)11-16(18)25)19(21(28)30-4-2)20(26-22(27)29)14-7-5-6-8-15(14)24/h5-11,20H,3-4,12H2,1-2H3,(H,26,29)/t20-/m0/s1. The minimum absolute atomic E-state index is 0.0316. The molecule has 0 radical (unpaired) electrons. The number of hydrogen-bond donors (Lipinski definition) is 1. The maximum atomic E-state index is 14.5. The van der Waals surface area contributed by atoms with E-state index < -0.39 is 42.1 Å². The Morgan fingerprint density at radius 1 is 1.10 bits per heavy atom. The van der Waals surface area contributed by atoms with E-state index in [0.717, 1.165) is 12.1 Å². The molecular formula is C22H21F3N2O4. The van der Waals surface area contributed by atoms with Gasteiger partial charge in [0.1, 0.15) is 18.2 Å². The van der Waals surface area contributed by atoms with E-state index in [-0.39, 0.29) is 35.7 Å². The second-order valence-electron chi connectivity index (χ2n) is 6.59. The first kappa shape index (κ1) is 22.2. The van der Waals surface area contributed by atoms with Crippen LogP contribution in [0.4, 0.5) is 18.0 Å². The summed E-state index contributed by atoms with van der Waals surface area (Å²) in [6, 6.07) is 6.77. The van der Waals surface area contributed by atoms with Crippen LogP contribution < -0.4 is 10.1 Å². The smallest absolute Gasteiger partial charge is 0.338 e. The molecule has 0 saturated heterocycles. The van der Waals surface area contributed by atoms with E-state index in [2.05, 4.69) is 5.32 Å². The predicted octanol–water partition coefficient (Wildman–Crippen LogP) is 4.09. The van der Waals surface area contributed by atoms with E-state index in [4.69, 9.17) is 9.47 Å². The summed E-state index contributed by atoms with van der Waals surface area (Å²) in [7, 11) is 0. The normalized spacial score (nSPS) is 16.2. The van der Waals surface area contributed by atoms with Gasteiger partial charge in [-0.15, -0.1) is 0 Å². The number of hydrogen-bond acceptors (Lipinski definition) is 4. The summed E-state index contributed by atoms with van der Waals surface area (Å²) in [5, 5.41) is 2.62. The van der Waals surface area contributed by atoms with Gasteiger partial charge in [-0.2, -0.15) is 0 Å². The highest BCUT2D eigenvalue weighted by Crippen LogP contribution is 2.33. The summed E-state index contributed by atoms with van der Waals surface area (Å²) in [5.74, 6) is -3.37. The Balaban J connectivity index is 2.09. The second kappa shape index (κ2) is 9.55. The van der Waals surface area contributed by atoms with Crippen molar-refractivity contribution < 1.29 is 32.2 Å². The first-order valence-corrected chi connectivity index (χ1v) is 9.67. The van der Waals surface area contributed by atoms with Gasteiger partial charge in [-0.1, -0.05) is 18.2 Å². The van der Waals surface area contributed by atoms with Crippen LogP contribution in [0.2, 0.25) is 0 Å². The van der Waals surface area contributed by atoms with Crippen molar-refractivity contribution >= 4 is 12.0 Å². The monoisotopic (exact) mass is 434 g/mol. The lowest BCUT2D eigenvalue weighted by molar-refractivity contribution is -0.139. The van der Waals surface area contributed by atoms with E-state index in [1.807, 2.05) is 0 Å². The van der Waals surface area contributed by atoms with Crippen LogP contribution in [0.15, 0.2) is 53.7 Å². The van der Waals surface area contributed by atoms with Crippen LogP contribution >= 0.6 is 0 Å². The molecule has 0 aromatic heterocycles. The quantitative estimate of drug-likeness (QED) is 0.667. The molecule has 1 atom stereocenters. The number of carbonyl (C=O) groups excluding carboxylic acids is 2. The lowest BCUT2D eigenvalue weighted by atomic mass is 9.94. The lowest BCUT2D eigenvalue weighted by Crippen LogP contribution is -2.49. The molecule has 1 N–H and O–H groups in total. The summed E-state index contributed by atoms with van der Waals surface area (Å²) in [4.78, 5) is 26.8. The van der Waals surface area contributed by atoms with Crippen molar-refractivity contribution in [1.82, 2.24) is 10.2 Å². The Morgan fingerprint density at radius 3 is 2.48 bits per heavy atom. The minimum atomic E-state index is -1.13. The van der Waals surface area contributed by atoms with E-state index in [9.17, 15) is 22.8 Å². The molecule has 0 unspecified atom stereocenters. The van der Waals surface area contributed by atoms with Crippen molar-refractivity contribution in [2.75, 3.05) is 19.8 Å². The zero-order valence-electron chi connectivity index (χ0n) is 17.0. The Hall–Kier alpha value is -3.49. The van der Waals surface area contributed by atoms with Crippen LogP contribution in [0, 0.1) is 17.5 Å². The highest BCUT2D eigenvalue weighted by molar-refractivity contribution is 5.95. The molecule has 2 aromatic rings. The minimum Gasteiger partial charge on any atom is -0.484 e. The van der Waals surface area contributed by atoms with Gasteiger partial charge in [-0.25, -0.2) is 22.8 Å². The highest BCUT2D eigenvalue weighted by atomic mass is 19.1. The van der Waals surface area contributed by atoms with Crippen molar-refractivity contribution in [2.45, 2.75) is 19.9 Å². The van der Waals surface area contributed by atoms with Gasteiger partial charge in [0.15, 0.2) is 11.6 Å². The number of benzene rings is 2. The summed E-state index contributed by atoms with van der Waals surface area (Å²) in [6.07, 6.45) is 0. The van der Waals surface area contributed by atoms with E-state index >= 15 is 0 Å². The Kier molecular flexibility index (Phi) is 6.84. The number of nitrogens with one attached hydrogen (secondary N) is 1. The van der Waals surface area contributed by atoms with Crippen LogP contribution in [0.25, 0.3) is 0 Å². The molecule has 0 fully saturated rings. The van der Waals surface area contributed by atoms with E-state index in [0.29, 0.717) is 6.07 Å². The van der Waals surface area contributed by atoms with Gasteiger partial charge < -0.3 is 14.8 Å². The van der Waals surface area contributed by atoms with Crippen LogP contribution in [0.3, 0.4) is 0 Å². The molecule has 0 saturated carbocycles. The second-order valence-corrected chi connectivity index (χ2v) is 6.59. The highest BCUT2D eigenvalue weighted by Gasteiger charge is 2.39. The SMILES string of the molecule is CCOC(=O)C1=C(COc2ccc(F)cc2F)N(CC)C(=O)N[C@H]1c1ccccc1F. The van der Waals surface area contributed by atoms with Crippen molar-refractivity contribution in [2.24, 2.45) is 0 Å². The molecule has 1 aliphatic heterocycles. The van der Waals surface area contributed by atoms with E-state index in [1.54, 1.807) is 19.9 Å². The number of esters is 1. The fraction of sp³-hybridized carbons (Fsp3) is 0.273. The van der Waals surface area contributed by atoms with Crippen LogP contribution in [0.1, 0.15) is 25.5 Å². The Morgan fingerprint density at radius 2 is 1.84 bits per heavy atom. The van der Waals surface area contributed by atoms with Crippen molar-refractivity contribution in [3.63, 3.8) is 0 Å². The zero-order valence-corrected chi connectivity index (χ0v) is 17.0. The topological polar surface area (TPSA) is 67.9 Å². The molecule has 0 bridgehead atoms. The lowest BCUT2D eigenvalue weighted by Gasteiger charge is -2.36. The number of ether oxygens (including phenoxy) is 2. The molecule has 3 rings (SSSR count). The third-order valence-corrected chi connectivity index (χ3v) is 4.72. The first-order valence-electron chi connectivity index (χ1n) is 9.67. The average Bonchev–Trinajstić information content (AvgIpc) is 2.73. The van der Waals surface area contributed by atoms with Crippen LogP contribution in [-0.2, 0) is 9.53 Å². The molecule has 1 heterocycles. The van der Waals surface area contributed by atoms with Gasteiger partial charge in [0.25, 0.3) is 0 Å². The molecule has 0 spiro atoms. The van der Waals surface area contributed by atoms with Gasteiger partial charge in [-0.3, -0.25) is 4.90 Å². The summed E-state index contributed by atoms with van der Waals surface area (Å²) < 4.78 is 52.3. The van der Waals surface area contributed by atoms with Gasteiger partial charge in [0.2, 0.25) is 0 Å². The van der Waals surface area contributed by atoms with Crippen molar-refractivity contribution in [3.05, 3.63) is 76.7 Å². The van der Waals surface area contributed by atoms with Crippen molar-refractivity contribution in [1.29, 1.82) is 0 Å². The molecule has 9 heteroatoms. The largest absolute Gasteiger partial charge is 0.484 e. The summed E-state index contributed by atoms with van der Waals surface area (Å²) in [5.41, 5.74) is 0.137. The molecule has 31 heavy (non-hydrogen) atoms. The van der Waals surface area contributed by atoms with Gasteiger partial charge in [-0.05, 0) is 32.0 Å². The maximum absolute atomic E-state index is 14.5. The molecule has 1 aliphatic rings. The number of nitrogens with zero attached hydrogens (tertiary/aromatic N) is 1. The fourth-order valence-electron chi connectivity index (χ4n) is 3.32. The average molecular weight is 434 g/mol. The predicted molar refractivity (Wildman–Crippen MR) is 106 cm³/mol. The molecular weight excluding hydrogens is 413 g/mol. The van der Waals surface area contributed by atoms with Crippen LogP contribution in [0.5, 0.6) is 5.75 Å². The molecule has 6 nitrogen and oxygen atoms in total. The first-order chi connectivity index (χ1) is 14.9. The number of carbonyl (C=O) groups is 2.